The summed E-state index contributed by atoms with van der Waals surface area (Å²) in [6, 6.07) is 7.70. The van der Waals surface area contributed by atoms with Crippen LogP contribution in [-0.2, 0) is 6.54 Å². The van der Waals surface area contributed by atoms with E-state index < -0.39 is 0 Å². The molecule has 0 aliphatic heterocycles. The van der Waals surface area contributed by atoms with Crippen LogP contribution in [0.1, 0.15) is 18.4 Å². The highest BCUT2D eigenvalue weighted by molar-refractivity contribution is 9.10. The van der Waals surface area contributed by atoms with Crippen molar-refractivity contribution < 1.29 is 5.11 Å². The van der Waals surface area contributed by atoms with Crippen LogP contribution < -0.4 is 5.56 Å². The van der Waals surface area contributed by atoms with Gasteiger partial charge in [-0.15, -0.1) is 0 Å². The van der Waals surface area contributed by atoms with Crippen LogP contribution in [0.3, 0.4) is 0 Å². The number of aromatic nitrogens is 1. The fourth-order valence-electron chi connectivity index (χ4n) is 2.82. The van der Waals surface area contributed by atoms with E-state index in [9.17, 15) is 9.90 Å². The zero-order valence-electron chi connectivity index (χ0n) is 10.8. The summed E-state index contributed by atoms with van der Waals surface area (Å²) >= 11 is 3.47. The van der Waals surface area contributed by atoms with E-state index in [0.717, 1.165) is 33.8 Å². The number of fused-ring (bicyclic) bond motifs is 1. The van der Waals surface area contributed by atoms with Crippen molar-refractivity contribution in [1.29, 1.82) is 0 Å². The van der Waals surface area contributed by atoms with Gasteiger partial charge in [0.25, 0.3) is 5.56 Å². The van der Waals surface area contributed by atoms with Crippen molar-refractivity contribution in [3.8, 4) is 0 Å². The molecule has 0 radical (unpaired) electrons. The number of pyridine rings is 1. The maximum absolute atomic E-state index is 12.2. The second kappa shape index (κ2) is 4.76. The van der Waals surface area contributed by atoms with Crippen molar-refractivity contribution in [1.82, 2.24) is 4.57 Å². The van der Waals surface area contributed by atoms with Gasteiger partial charge in [0.1, 0.15) is 0 Å². The van der Waals surface area contributed by atoms with Crippen LogP contribution in [0.5, 0.6) is 0 Å². The number of benzene rings is 1. The molecular weight excluding hydrogens is 306 g/mol. The lowest BCUT2D eigenvalue weighted by atomic mass is 9.82. The molecule has 100 valence electrons. The Labute approximate surface area is 120 Å². The van der Waals surface area contributed by atoms with E-state index in [2.05, 4.69) is 22.0 Å². The van der Waals surface area contributed by atoms with Crippen molar-refractivity contribution in [2.75, 3.05) is 0 Å². The lowest BCUT2D eigenvalue weighted by Crippen LogP contribution is -2.34. The third-order valence-corrected chi connectivity index (χ3v) is 4.43. The molecule has 0 amide bonds. The van der Waals surface area contributed by atoms with Crippen molar-refractivity contribution >= 4 is 26.8 Å². The Balaban J connectivity index is 2.09. The van der Waals surface area contributed by atoms with Gasteiger partial charge in [-0.1, -0.05) is 15.9 Å². The van der Waals surface area contributed by atoms with Gasteiger partial charge in [-0.2, -0.15) is 0 Å². The predicted octanol–water partition coefficient (Wildman–Crippen LogP) is 2.84. The van der Waals surface area contributed by atoms with Gasteiger partial charge in [-0.25, -0.2) is 0 Å². The lowest BCUT2D eigenvalue weighted by molar-refractivity contribution is 0.0353. The Morgan fingerprint density at radius 2 is 2.11 bits per heavy atom. The molecule has 1 aromatic heterocycles. The standard InChI is InChI=1S/C15H16BrNO2/c1-9-4-15(19)17(8-10-5-12(18)6-10)14-3-2-11(16)7-13(9)14/h2-4,7,10,12,18H,5-6,8H2,1H3. The highest BCUT2D eigenvalue weighted by Crippen LogP contribution is 2.30. The lowest BCUT2D eigenvalue weighted by Gasteiger charge is -2.32. The molecule has 2 aromatic rings. The molecule has 1 heterocycles. The van der Waals surface area contributed by atoms with E-state index in [1.165, 1.54) is 0 Å². The number of aliphatic hydroxyl groups excluding tert-OH is 1. The SMILES string of the molecule is Cc1cc(=O)n(CC2CC(O)C2)c2ccc(Br)cc12. The Bertz CT molecular complexity index is 686. The van der Waals surface area contributed by atoms with E-state index in [4.69, 9.17) is 0 Å². The maximum Gasteiger partial charge on any atom is 0.251 e. The van der Waals surface area contributed by atoms with Gasteiger partial charge >= 0.3 is 0 Å². The summed E-state index contributed by atoms with van der Waals surface area (Å²) in [5.41, 5.74) is 2.04. The minimum atomic E-state index is -0.174. The zero-order valence-corrected chi connectivity index (χ0v) is 12.4. The Morgan fingerprint density at radius 1 is 1.37 bits per heavy atom. The van der Waals surface area contributed by atoms with Crippen LogP contribution >= 0.6 is 15.9 Å². The number of rotatable bonds is 2. The molecule has 3 nitrogen and oxygen atoms in total. The third-order valence-electron chi connectivity index (χ3n) is 3.93. The Morgan fingerprint density at radius 3 is 2.79 bits per heavy atom. The van der Waals surface area contributed by atoms with Crippen LogP contribution in [0.2, 0.25) is 0 Å². The number of aryl methyl sites for hydroxylation is 1. The molecule has 1 fully saturated rings. The quantitative estimate of drug-likeness (QED) is 0.924. The number of halogens is 1. The molecule has 1 aliphatic carbocycles. The summed E-state index contributed by atoms with van der Waals surface area (Å²) in [5, 5.41) is 10.5. The summed E-state index contributed by atoms with van der Waals surface area (Å²) in [5.74, 6) is 0.419. The molecule has 0 saturated heterocycles. The van der Waals surface area contributed by atoms with E-state index in [1.54, 1.807) is 6.07 Å². The van der Waals surface area contributed by atoms with Gasteiger partial charge < -0.3 is 9.67 Å². The smallest absolute Gasteiger partial charge is 0.251 e. The molecule has 1 aliphatic rings. The monoisotopic (exact) mass is 321 g/mol. The van der Waals surface area contributed by atoms with E-state index in [0.29, 0.717) is 12.5 Å². The van der Waals surface area contributed by atoms with Gasteiger partial charge in [0, 0.05) is 22.5 Å². The van der Waals surface area contributed by atoms with Crippen LogP contribution in [-0.4, -0.2) is 15.8 Å². The molecule has 0 unspecified atom stereocenters. The van der Waals surface area contributed by atoms with Crippen LogP contribution in [0, 0.1) is 12.8 Å². The molecule has 19 heavy (non-hydrogen) atoms. The number of hydrogen-bond donors (Lipinski definition) is 1. The average molecular weight is 322 g/mol. The summed E-state index contributed by atoms with van der Waals surface area (Å²) < 4.78 is 2.86. The second-order valence-electron chi connectivity index (χ2n) is 5.43. The summed E-state index contributed by atoms with van der Waals surface area (Å²) in [4.78, 5) is 12.2. The van der Waals surface area contributed by atoms with Crippen molar-refractivity contribution in [3.63, 3.8) is 0 Å². The molecular formula is C15H16BrNO2. The maximum atomic E-state index is 12.2. The molecule has 4 heteroatoms. The summed E-state index contributed by atoms with van der Waals surface area (Å²) in [7, 11) is 0. The van der Waals surface area contributed by atoms with E-state index >= 15 is 0 Å². The summed E-state index contributed by atoms with van der Waals surface area (Å²) in [6.45, 7) is 2.67. The highest BCUT2D eigenvalue weighted by Gasteiger charge is 2.27. The first kappa shape index (κ1) is 12.9. The molecule has 1 aromatic carbocycles. The number of nitrogens with zero attached hydrogens (tertiary/aromatic N) is 1. The fraction of sp³-hybridized carbons (Fsp3) is 0.400. The molecule has 1 N–H and O–H groups in total. The number of hydrogen-bond acceptors (Lipinski definition) is 2. The zero-order chi connectivity index (χ0) is 13.6. The van der Waals surface area contributed by atoms with Gasteiger partial charge in [0.05, 0.1) is 11.6 Å². The minimum absolute atomic E-state index is 0.0497. The second-order valence-corrected chi connectivity index (χ2v) is 6.34. The molecule has 0 atom stereocenters. The normalized spacial score (nSPS) is 22.5. The van der Waals surface area contributed by atoms with Crippen LogP contribution in [0.25, 0.3) is 10.9 Å². The minimum Gasteiger partial charge on any atom is -0.393 e. The first-order valence-electron chi connectivity index (χ1n) is 6.52. The predicted molar refractivity (Wildman–Crippen MR) is 79.4 cm³/mol. The molecule has 0 bridgehead atoms. The van der Waals surface area contributed by atoms with Crippen molar-refractivity contribution in [3.05, 3.63) is 44.7 Å². The number of aliphatic hydroxyl groups is 1. The van der Waals surface area contributed by atoms with Crippen molar-refractivity contribution in [2.45, 2.75) is 32.4 Å². The van der Waals surface area contributed by atoms with E-state index in [1.807, 2.05) is 23.6 Å². The topological polar surface area (TPSA) is 42.2 Å². The van der Waals surface area contributed by atoms with Gasteiger partial charge in [-0.3, -0.25) is 4.79 Å². The third kappa shape index (κ3) is 2.35. The van der Waals surface area contributed by atoms with Crippen LogP contribution in [0.15, 0.2) is 33.5 Å². The Kier molecular flexibility index (Phi) is 3.23. The molecule has 1 saturated carbocycles. The summed E-state index contributed by atoms with van der Waals surface area (Å²) in [6.07, 6.45) is 1.43. The molecule has 0 spiro atoms. The average Bonchev–Trinajstić information content (AvgIpc) is 2.32. The van der Waals surface area contributed by atoms with Crippen LogP contribution in [0.4, 0.5) is 0 Å². The van der Waals surface area contributed by atoms with Crippen molar-refractivity contribution in [2.24, 2.45) is 5.92 Å². The largest absolute Gasteiger partial charge is 0.393 e. The molecule has 3 rings (SSSR count). The first-order chi connectivity index (χ1) is 9.04. The first-order valence-corrected chi connectivity index (χ1v) is 7.31. The van der Waals surface area contributed by atoms with Gasteiger partial charge in [-0.05, 0) is 49.4 Å². The Hall–Kier alpha value is -1.13. The van der Waals surface area contributed by atoms with Gasteiger partial charge in [0.15, 0.2) is 0 Å². The highest BCUT2D eigenvalue weighted by atomic mass is 79.9. The van der Waals surface area contributed by atoms with E-state index in [-0.39, 0.29) is 11.7 Å². The van der Waals surface area contributed by atoms with Gasteiger partial charge in [0.2, 0.25) is 0 Å². The fourth-order valence-corrected chi connectivity index (χ4v) is 3.18.